The quantitative estimate of drug-likeness (QED) is 0.794. The van der Waals surface area contributed by atoms with E-state index in [1.807, 2.05) is 6.07 Å². The Balaban J connectivity index is 2.28. The van der Waals surface area contributed by atoms with Crippen molar-refractivity contribution >= 4 is 27.5 Å². The van der Waals surface area contributed by atoms with Gasteiger partial charge in [0.05, 0.1) is 11.3 Å². The Labute approximate surface area is 111 Å². The van der Waals surface area contributed by atoms with Gasteiger partial charge in [-0.05, 0) is 28.1 Å². The zero-order valence-corrected chi connectivity index (χ0v) is 10.7. The summed E-state index contributed by atoms with van der Waals surface area (Å²) in [4.78, 5) is 25.2. The SMILES string of the molecule is O=C(Nc1ccccc1Br)c1cc(O)[nH]c(=O)c1. The Morgan fingerprint density at radius 3 is 2.67 bits per heavy atom. The fraction of sp³-hybridized carbons (Fsp3) is 0. The standard InChI is InChI=1S/C12H9BrN2O3/c13-8-3-1-2-4-9(8)14-12(18)7-5-10(16)15-11(17)6-7/h1-6H,(H,14,18)(H2,15,16,17). The van der Waals surface area contributed by atoms with Crippen molar-refractivity contribution in [2.75, 3.05) is 5.32 Å². The highest BCUT2D eigenvalue weighted by molar-refractivity contribution is 9.10. The van der Waals surface area contributed by atoms with Gasteiger partial charge < -0.3 is 10.4 Å². The first-order valence-corrected chi connectivity index (χ1v) is 5.85. The molecule has 0 aliphatic heterocycles. The monoisotopic (exact) mass is 308 g/mol. The first kappa shape index (κ1) is 12.4. The molecule has 18 heavy (non-hydrogen) atoms. The number of amides is 1. The molecule has 0 saturated heterocycles. The van der Waals surface area contributed by atoms with E-state index >= 15 is 0 Å². The molecule has 0 unspecified atom stereocenters. The minimum absolute atomic E-state index is 0.0898. The van der Waals surface area contributed by atoms with Crippen molar-refractivity contribution in [1.29, 1.82) is 0 Å². The topological polar surface area (TPSA) is 82.2 Å². The molecule has 0 radical (unpaired) electrons. The number of H-pyrrole nitrogens is 1. The van der Waals surface area contributed by atoms with Crippen molar-refractivity contribution in [2.45, 2.75) is 0 Å². The van der Waals surface area contributed by atoms with Crippen LogP contribution in [0.4, 0.5) is 5.69 Å². The van der Waals surface area contributed by atoms with Crippen molar-refractivity contribution in [2.24, 2.45) is 0 Å². The number of aromatic nitrogens is 1. The average Bonchev–Trinajstić information content (AvgIpc) is 2.31. The number of carbonyl (C=O) groups excluding carboxylic acids is 1. The van der Waals surface area contributed by atoms with E-state index in [1.165, 1.54) is 6.07 Å². The summed E-state index contributed by atoms with van der Waals surface area (Å²) >= 11 is 3.29. The lowest BCUT2D eigenvalue weighted by molar-refractivity contribution is 0.102. The van der Waals surface area contributed by atoms with Gasteiger partial charge in [-0.1, -0.05) is 12.1 Å². The fourth-order valence-electron chi connectivity index (χ4n) is 1.42. The van der Waals surface area contributed by atoms with E-state index in [2.05, 4.69) is 26.2 Å². The highest BCUT2D eigenvalue weighted by Gasteiger charge is 2.09. The number of halogens is 1. The van der Waals surface area contributed by atoms with Crippen LogP contribution in [0, 0.1) is 0 Å². The smallest absolute Gasteiger partial charge is 0.256 e. The summed E-state index contributed by atoms with van der Waals surface area (Å²) in [6, 6.07) is 9.40. The number of hydrogen-bond acceptors (Lipinski definition) is 3. The van der Waals surface area contributed by atoms with Gasteiger partial charge in [-0.25, -0.2) is 0 Å². The average molecular weight is 309 g/mol. The summed E-state index contributed by atoms with van der Waals surface area (Å²) in [5.74, 6) is -0.817. The highest BCUT2D eigenvalue weighted by Crippen LogP contribution is 2.21. The van der Waals surface area contributed by atoms with Gasteiger partial charge in [0, 0.05) is 16.6 Å². The molecule has 92 valence electrons. The molecule has 0 fully saturated rings. The van der Waals surface area contributed by atoms with Crippen molar-refractivity contribution in [3.63, 3.8) is 0 Å². The largest absolute Gasteiger partial charge is 0.494 e. The van der Waals surface area contributed by atoms with Gasteiger partial charge in [0.25, 0.3) is 11.5 Å². The van der Waals surface area contributed by atoms with E-state index < -0.39 is 11.5 Å². The molecule has 1 heterocycles. The fourth-order valence-corrected chi connectivity index (χ4v) is 1.80. The number of rotatable bonds is 2. The Bertz CT molecular complexity index is 652. The number of benzene rings is 1. The van der Waals surface area contributed by atoms with E-state index in [4.69, 9.17) is 0 Å². The summed E-state index contributed by atoms with van der Waals surface area (Å²) in [5, 5.41) is 11.8. The van der Waals surface area contributed by atoms with E-state index in [9.17, 15) is 14.7 Å². The van der Waals surface area contributed by atoms with Crippen LogP contribution in [0.15, 0.2) is 45.7 Å². The van der Waals surface area contributed by atoms with E-state index in [1.54, 1.807) is 18.2 Å². The summed E-state index contributed by atoms with van der Waals surface area (Å²) in [7, 11) is 0. The second kappa shape index (κ2) is 5.05. The van der Waals surface area contributed by atoms with Gasteiger partial charge in [0.2, 0.25) is 0 Å². The molecule has 0 bridgehead atoms. The van der Waals surface area contributed by atoms with Gasteiger partial charge in [-0.15, -0.1) is 0 Å². The zero-order valence-electron chi connectivity index (χ0n) is 9.11. The van der Waals surface area contributed by atoms with Crippen molar-refractivity contribution in [3.05, 3.63) is 56.8 Å². The Hall–Kier alpha value is -2.08. The van der Waals surface area contributed by atoms with Gasteiger partial charge in [-0.3, -0.25) is 14.6 Å². The molecule has 5 nitrogen and oxygen atoms in total. The van der Waals surface area contributed by atoms with Crippen LogP contribution < -0.4 is 10.9 Å². The van der Waals surface area contributed by atoms with E-state index in [0.717, 1.165) is 10.5 Å². The van der Waals surface area contributed by atoms with Crippen molar-refractivity contribution in [3.8, 4) is 5.88 Å². The van der Waals surface area contributed by atoms with Crippen molar-refractivity contribution in [1.82, 2.24) is 4.98 Å². The first-order chi connectivity index (χ1) is 8.56. The Kier molecular flexibility index (Phi) is 3.47. The molecule has 0 saturated carbocycles. The molecule has 2 rings (SSSR count). The van der Waals surface area contributed by atoms with E-state index in [0.29, 0.717) is 5.69 Å². The third-order valence-electron chi connectivity index (χ3n) is 2.21. The number of aromatic hydroxyl groups is 1. The molecule has 1 aromatic heterocycles. The molecule has 3 N–H and O–H groups in total. The third kappa shape index (κ3) is 2.78. The molecule has 0 atom stereocenters. The summed E-state index contributed by atoms with van der Waals surface area (Å²) < 4.78 is 0.729. The second-order valence-electron chi connectivity index (χ2n) is 3.55. The summed E-state index contributed by atoms with van der Waals surface area (Å²) in [5.41, 5.74) is 0.140. The van der Waals surface area contributed by atoms with Crippen LogP contribution in [0.25, 0.3) is 0 Å². The summed E-state index contributed by atoms with van der Waals surface area (Å²) in [6.07, 6.45) is 0. The lowest BCUT2D eigenvalue weighted by atomic mass is 10.2. The molecular formula is C12H9BrN2O3. The number of anilines is 1. The van der Waals surface area contributed by atoms with Crippen LogP contribution in [0.3, 0.4) is 0 Å². The van der Waals surface area contributed by atoms with Gasteiger partial charge >= 0.3 is 0 Å². The maximum atomic E-state index is 11.9. The van der Waals surface area contributed by atoms with Crippen molar-refractivity contribution < 1.29 is 9.90 Å². The molecule has 1 aromatic carbocycles. The van der Waals surface area contributed by atoms with Crippen LogP contribution in [0.5, 0.6) is 5.88 Å². The predicted molar refractivity (Wildman–Crippen MR) is 70.8 cm³/mol. The molecule has 0 aliphatic carbocycles. The van der Waals surface area contributed by atoms with Gasteiger partial charge in [0.1, 0.15) is 0 Å². The Morgan fingerprint density at radius 1 is 1.28 bits per heavy atom. The molecular weight excluding hydrogens is 300 g/mol. The maximum absolute atomic E-state index is 11.9. The lowest BCUT2D eigenvalue weighted by Crippen LogP contribution is -2.16. The minimum Gasteiger partial charge on any atom is -0.494 e. The third-order valence-corrected chi connectivity index (χ3v) is 2.91. The summed E-state index contributed by atoms with van der Waals surface area (Å²) in [6.45, 7) is 0. The van der Waals surface area contributed by atoms with Crippen LogP contribution in [0.2, 0.25) is 0 Å². The number of aromatic amines is 1. The van der Waals surface area contributed by atoms with Crippen LogP contribution in [-0.2, 0) is 0 Å². The van der Waals surface area contributed by atoms with Gasteiger partial charge in [-0.2, -0.15) is 0 Å². The number of nitrogens with one attached hydrogen (secondary N) is 2. The normalized spacial score (nSPS) is 10.1. The zero-order chi connectivity index (χ0) is 13.1. The molecule has 1 amide bonds. The predicted octanol–water partition coefficient (Wildman–Crippen LogP) is 2.10. The minimum atomic E-state index is -0.535. The molecule has 0 spiro atoms. The number of pyridine rings is 1. The number of carbonyl (C=O) groups is 1. The maximum Gasteiger partial charge on any atom is 0.256 e. The first-order valence-electron chi connectivity index (χ1n) is 5.05. The molecule has 2 aromatic rings. The number of hydrogen-bond donors (Lipinski definition) is 3. The lowest BCUT2D eigenvalue weighted by Gasteiger charge is -2.06. The highest BCUT2D eigenvalue weighted by atomic mass is 79.9. The Morgan fingerprint density at radius 2 is 2.00 bits per heavy atom. The van der Waals surface area contributed by atoms with Crippen LogP contribution >= 0.6 is 15.9 Å². The van der Waals surface area contributed by atoms with Gasteiger partial charge in [0.15, 0.2) is 5.88 Å². The van der Waals surface area contributed by atoms with Crippen LogP contribution in [0.1, 0.15) is 10.4 Å². The second-order valence-corrected chi connectivity index (χ2v) is 4.41. The molecule has 0 aliphatic rings. The van der Waals surface area contributed by atoms with Crippen LogP contribution in [-0.4, -0.2) is 16.0 Å². The van der Waals surface area contributed by atoms with E-state index in [-0.39, 0.29) is 11.4 Å². The molecule has 6 heteroatoms. The number of para-hydroxylation sites is 1.